The Kier molecular flexibility index (Phi) is 4.73. The molecule has 8 nitrogen and oxygen atoms in total. The van der Waals surface area contributed by atoms with Crippen LogP contribution in [0.4, 0.5) is 0 Å². The van der Waals surface area contributed by atoms with Gasteiger partial charge in [0.25, 0.3) is 11.8 Å². The molecule has 2 aromatic heterocycles. The molecule has 5 rings (SSSR count). The summed E-state index contributed by atoms with van der Waals surface area (Å²) in [6.07, 6.45) is 6.59. The zero-order valence-corrected chi connectivity index (χ0v) is 16.9. The van der Waals surface area contributed by atoms with E-state index in [1.165, 1.54) is 12.5 Å². The summed E-state index contributed by atoms with van der Waals surface area (Å²) in [6.45, 7) is 4.03. The summed E-state index contributed by atoms with van der Waals surface area (Å²) in [5.41, 5.74) is 0.687. The van der Waals surface area contributed by atoms with Crippen molar-refractivity contribution in [3.05, 3.63) is 48.0 Å². The average Bonchev–Trinajstić information content (AvgIpc) is 3.53. The standard InChI is InChI=1S/C22H25N3O5/c1-2-29-20-15(4-3-8-23-20)21(27)25-11-17-16(18-5-7-22(17,13-25)30-18)10-24-19(26)14-6-9-28-12-14/h3-4,6,8-9,12,16-18H,2,5,7,10-11,13H2,1H3,(H,24,26)/t16-,17+,18+,22+/m0/s1. The van der Waals surface area contributed by atoms with Crippen molar-refractivity contribution in [2.24, 2.45) is 11.8 Å². The topological polar surface area (TPSA) is 93.9 Å². The maximum absolute atomic E-state index is 13.2. The largest absolute Gasteiger partial charge is 0.477 e. The number of likely N-dealkylation sites (tertiary alicyclic amines) is 1. The smallest absolute Gasteiger partial charge is 0.259 e. The van der Waals surface area contributed by atoms with Crippen LogP contribution in [0.25, 0.3) is 0 Å². The molecular weight excluding hydrogens is 386 g/mol. The third-order valence-corrected chi connectivity index (χ3v) is 6.64. The first-order valence-electron chi connectivity index (χ1n) is 10.5. The van der Waals surface area contributed by atoms with Crippen molar-refractivity contribution >= 4 is 11.8 Å². The summed E-state index contributed by atoms with van der Waals surface area (Å²) in [6, 6.07) is 5.15. The van der Waals surface area contributed by atoms with Crippen molar-refractivity contribution in [2.45, 2.75) is 31.5 Å². The maximum atomic E-state index is 13.2. The van der Waals surface area contributed by atoms with Gasteiger partial charge in [-0.3, -0.25) is 9.59 Å². The lowest BCUT2D eigenvalue weighted by Crippen LogP contribution is -2.41. The highest BCUT2D eigenvalue weighted by Crippen LogP contribution is 2.54. The lowest BCUT2D eigenvalue weighted by molar-refractivity contribution is 0.00312. The summed E-state index contributed by atoms with van der Waals surface area (Å²) in [5.74, 6) is 0.533. The highest BCUT2D eigenvalue weighted by molar-refractivity contribution is 5.96. The highest BCUT2D eigenvalue weighted by atomic mass is 16.5. The van der Waals surface area contributed by atoms with Crippen LogP contribution in [0, 0.1) is 11.8 Å². The molecule has 5 heterocycles. The van der Waals surface area contributed by atoms with Gasteiger partial charge in [-0.1, -0.05) is 0 Å². The second-order valence-electron chi connectivity index (χ2n) is 8.23. The van der Waals surface area contributed by atoms with Gasteiger partial charge < -0.3 is 24.1 Å². The molecule has 0 aromatic carbocycles. The van der Waals surface area contributed by atoms with Crippen LogP contribution in [0.1, 0.15) is 40.5 Å². The van der Waals surface area contributed by atoms with E-state index in [9.17, 15) is 9.59 Å². The molecular formula is C22H25N3O5. The van der Waals surface area contributed by atoms with Gasteiger partial charge in [-0.2, -0.15) is 0 Å². The molecule has 2 bridgehead atoms. The van der Waals surface area contributed by atoms with E-state index in [1.54, 1.807) is 24.4 Å². The van der Waals surface area contributed by atoms with E-state index in [4.69, 9.17) is 13.9 Å². The number of fused-ring (bicyclic) bond motifs is 1. The number of hydrogen-bond donors (Lipinski definition) is 1. The molecule has 30 heavy (non-hydrogen) atoms. The predicted molar refractivity (Wildman–Crippen MR) is 106 cm³/mol. The van der Waals surface area contributed by atoms with Crippen molar-refractivity contribution in [2.75, 3.05) is 26.2 Å². The van der Waals surface area contributed by atoms with Gasteiger partial charge in [0.05, 0.1) is 36.7 Å². The maximum Gasteiger partial charge on any atom is 0.259 e. The number of carbonyl (C=O) groups is 2. The second-order valence-corrected chi connectivity index (χ2v) is 8.23. The minimum Gasteiger partial charge on any atom is -0.477 e. The molecule has 3 aliphatic heterocycles. The number of aromatic nitrogens is 1. The minimum absolute atomic E-state index is 0.0800. The van der Waals surface area contributed by atoms with Crippen molar-refractivity contribution in [1.29, 1.82) is 0 Å². The van der Waals surface area contributed by atoms with Crippen LogP contribution >= 0.6 is 0 Å². The number of furan rings is 1. The third kappa shape index (κ3) is 3.06. The summed E-state index contributed by atoms with van der Waals surface area (Å²) >= 11 is 0. The molecule has 158 valence electrons. The van der Waals surface area contributed by atoms with Gasteiger partial charge >= 0.3 is 0 Å². The van der Waals surface area contributed by atoms with Crippen LogP contribution < -0.4 is 10.1 Å². The van der Waals surface area contributed by atoms with Crippen LogP contribution in [-0.4, -0.2) is 59.6 Å². The second kappa shape index (κ2) is 7.43. The first-order chi connectivity index (χ1) is 14.6. The van der Waals surface area contributed by atoms with Crippen molar-refractivity contribution < 1.29 is 23.5 Å². The monoisotopic (exact) mass is 411 g/mol. The summed E-state index contributed by atoms with van der Waals surface area (Å²) < 4.78 is 16.9. The number of carbonyl (C=O) groups excluding carboxylic acids is 2. The van der Waals surface area contributed by atoms with Crippen LogP contribution in [-0.2, 0) is 4.74 Å². The number of nitrogens with zero attached hydrogens (tertiary/aromatic N) is 2. The Labute approximate surface area is 174 Å². The molecule has 0 saturated carbocycles. The quantitative estimate of drug-likeness (QED) is 0.783. The van der Waals surface area contributed by atoms with Crippen LogP contribution in [0.3, 0.4) is 0 Å². The first kappa shape index (κ1) is 19.1. The van der Waals surface area contributed by atoms with Crippen LogP contribution in [0.5, 0.6) is 5.88 Å². The average molecular weight is 411 g/mol. The molecule has 4 atom stereocenters. The molecule has 3 aliphatic rings. The van der Waals surface area contributed by atoms with Gasteiger partial charge in [-0.25, -0.2) is 4.98 Å². The Morgan fingerprint density at radius 2 is 2.30 bits per heavy atom. The SMILES string of the molecule is CCOc1ncccc1C(=O)N1C[C@@H]2[C@H](CNC(=O)c3ccoc3)[C@H]3CC[C@]2(C1)O3. The lowest BCUT2D eigenvalue weighted by atomic mass is 9.73. The zero-order valence-electron chi connectivity index (χ0n) is 16.9. The third-order valence-electron chi connectivity index (χ3n) is 6.64. The van der Waals surface area contributed by atoms with Gasteiger partial charge in [0, 0.05) is 31.1 Å². The summed E-state index contributed by atoms with van der Waals surface area (Å²) in [5, 5.41) is 3.01. The first-order valence-corrected chi connectivity index (χ1v) is 10.5. The number of nitrogens with one attached hydrogen (secondary N) is 1. The van der Waals surface area contributed by atoms with Crippen molar-refractivity contribution in [3.8, 4) is 5.88 Å². The predicted octanol–water partition coefficient (Wildman–Crippen LogP) is 2.12. The lowest BCUT2D eigenvalue weighted by Gasteiger charge is -2.29. The number of rotatable bonds is 6. The zero-order chi connectivity index (χ0) is 20.7. The van der Waals surface area contributed by atoms with Gasteiger partial charge in [-0.05, 0) is 38.0 Å². The molecule has 2 aromatic rings. The molecule has 1 N–H and O–H groups in total. The van der Waals surface area contributed by atoms with Crippen LogP contribution in [0.15, 0.2) is 41.3 Å². The fourth-order valence-corrected chi connectivity index (χ4v) is 5.30. The van der Waals surface area contributed by atoms with E-state index < -0.39 is 0 Å². The molecule has 3 fully saturated rings. The number of amides is 2. The molecule has 0 aliphatic carbocycles. The normalized spacial score (nSPS) is 29.1. The van der Waals surface area contributed by atoms with Crippen molar-refractivity contribution in [3.63, 3.8) is 0 Å². The Hall–Kier alpha value is -2.87. The van der Waals surface area contributed by atoms with E-state index >= 15 is 0 Å². The van der Waals surface area contributed by atoms with E-state index in [0.29, 0.717) is 43.2 Å². The number of ether oxygens (including phenoxy) is 2. The molecule has 8 heteroatoms. The Morgan fingerprint density at radius 3 is 3.10 bits per heavy atom. The fraction of sp³-hybridized carbons (Fsp3) is 0.500. The number of pyridine rings is 1. The van der Waals surface area contributed by atoms with E-state index in [-0.39, 0.29) is 35.4 Å². The van der Waals surface area contributed by atoms with E-state index in [2.05, 4.69) is 10.3 Å². The Bertz CT molecular complexity index is 946. The van der Waals surface area contributed by atoms with E-state index in [0.717, 1.165) is 12.8 Å². The van der Waals surface area contributed by atoms with E-state index in [1.807, 2.05) is 11.8 Å². The highest BCUT2D eigenvalue weighted by Gasteiger charge is 2.63. The van der Waals surface area contributed by atoms with Crippen LogP contribution in [0.2, 0.25) is 0 Å². The molecule has 3 saturated heterocycles. The van der Waals surface area contributed by atoms with Gasteiger partial charge in [0.2, 0.25) is 5.88 Å². The van der Waals surface area contributed by atoms with Gasteiger partial charge in [0.1, 0.15) is 11.8 Å². The fourth-order valence-electron chi connectivity index (χ4n) is 5.30. The Balaban J connectivity index is 1.30. The molecule has 1 spiro atoms. The Morgan fingerprint density at radius 1 is 1.40 bits per heavy atom. The summed E-state index contributed by atoms with van der Waals surface area (Å²) in [7, 11) is 0. The molecule has 0 radical (unpaired) electrons. The minimum atomic E-state index is -0.306. The van der Waals surface area contributed by atoms with Gasteiger partial charge in [-0.15, -0.1) is 0 Å². The summed E-state index contributed by atoms with van der Waals surface area (Å²) in [4.78, 5) is 31.6. The molecule has 0 unspecified atom stereocenters. The van der Waals surface area contributed by atoms with Crippen molar-refractivity contribution in [1.82, 2.24) is 15.2 Å². The van der Waals surface area contributed by atoms with Gasteiger partial charge in [0.15, 0.2) is 0 Å². The number of hydrogen-bond acceptors (Lipinski definition) is 6. The molecule has 2 amide bonds.